The number of nitrogens with one attached hydrogen (secondary N) is 1. The standard InChI is InChI=1S/C20H25N5O2/c1-13-9-14(10-18(13)26)23-20-16(11-21-12-22-20)19(27)17-7-8-25(24-17)15-5-3-2-4-6-15/h3,5,7-8,11-15,18,26H,2,4,6,9-10H2,1H3,(H,21,22,23)/t13-,14-,15-,18+/m1/s1. The highest BCUT2D eigenvalue weighted by atomic mass is 16.3. The van der Waals surface area contributed by atoms with Gasteiger partial charge in [0.2, 0.25) is 5.78 Å². The molecule has 0 aliphatic heterocycles. The van der Waals surface area contributed by atoms with E-state index in [4.69, 9.17) is 0 Å². The van der Waals surface area contributed by atoms with Crippen molar-refractivity contribution in [2.24, 2.45) is 5.92 Å². The fourth-order valence-electron chi connectivity index (χ4n) is 3.94. The fraction of sp³-hybridized carbons (Fsp3) is 0.500. The molecule has 2 N–H and O–H groups in total. The van der Waals surface area contributed by atoms with Crippen LogP contribution >= 0.6 is 0 Å². The summed E-state index contributed by atoms with van der Waals surface area (Å²) in [5.74, 6) is 0.555. The number of aliphatic hydroxyl groups excluding tert-OH is 1. The molecule has 2 aromatic rings. The molecule has 1 saturated carbocycles. The minimum atomic E-state index is -0.317. The highest BCUT2D eigenvalue weighted by Gasteiger charge is 2.31. The highest BCUT2D eigenvalue weighted by Crippen LogP contribution is 2.29. The summed E-state index contributed by atoms with van der Waals surface area (Å²) in [5, 5.41) is 17.8. The van der Waals surface area contributed by atoms with Crippen molar-refractivity contribution in [3.63, 3.8) is 0 Å². The molecule has 7 nitrogen and oxygen atoms in total. The quantitative estimate of drug-likeness (QED) is 0.623. The van der Waals surface area contributed by atoms with Crippen LogP contribution in [0.1, 0.15) is 61.1 Å². The van der Waals surface area contributed by atoms with Gasteiger partial charge in [-0.05, 0) is 44.1 Å². The van der Waals surface area contributed by atoms with Crippen LogP contribution in [-0.2, 0) is 0 Å². The lowest BCUT2D eigenvalue weighted by atomic mass is 10.0. The second kappa shape index (κ2) is 7.60. The third-order valence-corrected chi connectivity index (χ3v) is 5.55. The van der Waals surface area contributed by atoms with Gasteiger partial charge in [-0.2, -0.15) is 5.10 Å². The highest BCUT2D eigenvalue weighted by molar-refractivity contribution is 6.10. The Hall–Kier alpha value is -2.54. The summed E-state index contributed by atoms with van der Waals surface area (Å²) in [6.07, 6.45) is 13.6. The molecular formula is C20H25N5O2. The van der Waals surface area contributed by atoms with Crippen LogP contribution in [0.2, 0.25) is 0 Å². The first-order valence-electron chi connectivity index (χ1n) is 9.63. The van der Waals surface area contributed by atoms with Gasteiger partial charge in [0, 0.05) is 18.4 Å². The van der Waals surface area contributed by atoms with Gasteiger partial charge in [0.1, 0.15) is 17.8 Å². The molecule has 4 atom stereocenters. The van der Waals surface area contributed by atoms with Crippen LogP contribution in [0.15, 0.2) is 36.9 Å². The van der Waals surface area contributed by atoms with Gasteiger partial charge in [-0.3, -0.25) is 9.48 Å². The Bertz CT molecular complexity index is 836. The van der Waals surface area contributed by atoms with E-state index < -0.39 is 0 Å². The number of carbonyl (C=O) groups is 1. The number of hydrogen-bond donors (Lipinski definition) is 2. The number of aromatic nitrogens is 4. The average molecular weight is 367 g/mol. The molecular weight excluding hydrogens is 342 g/mol. The zero-order valence-electron chi connectivity index (χ0n) is 15.5. The zero-order valence-corrected chi connectivity index (χ0v) is 15.5. The lowest BCUT2D eigenvalue weighted by Crippen LogP contribution is -2.20. The molecule has 2 heterocycles. The van der Waals surface area contributed by atoms with Crippen molar-refractivity contribution >= 4 is 11.6 Å². The van der Waals surface area contributed by atoms with Crippen LogP contribution in [0.5, 0.6) is 0 Å². The Morgan fingerprint density at radius 3 is 3.00 bits per heavy atom. The Kier molecular flexibility index (Phi) is 5.03. The first kappa shape index (κ1) is 17.9. The van der Waals surface area contributed by atoms with Gasteiger partial charge < -0.3 is 10.4 Å². The fourth-order valence-corrected chi connectivity index (χ4v) is 3.94. The molecule has 0 spiro atoms. The SMILES string of the molecule is C[C@@H]1C[C@@H](Nc2ncncc2C(=O)c2ccn([C@@H]3C=CCCC3)n2)C[C@@H]1O. The second-order valence-corrected chi connectivity index (χ2v) is 7.58. The van der Waals surface area contributed by atoms with E-state index in [9.17, 15) is 9.90 Å². The monoisotopic (exact) mass is 367 g/mol. The predicted octanol–water partition coefficient (Wildman–Crippen LogP) is 2.76. The van der Waals surface area contributed by atoms with Gasteiger partial charge in [-0.1, -0.05) is 19.1 Å². The largest absolute Gasteiger partial charge is 0.393 e. The maximum atomic E-state index is 13.0. The van der Waals surface area contributed by atoms with Crippen LogP contribution in [0.25, 0.3) is 0 Å². The summed E-state index contributed by atoms with van der Waals surface area (Å²) < 4.78 is 1.86. The lowest BCUT2D eigenvalue weighted by Gasteiger charge is -2.16. The molecule has 2 aliphatic rings. The normalized spacial score (nSPS) is 27.6. The summed E-state index contributed by atoms with van der Waals surface area (Å²) in [6, 6.07) is 2.07. The molecule has 2 aliphatic carbocycles. The van der Waals surface area contributed by atoms with E-state index in [1.165, 1.54) is 12.5 Å². The molecule has 0 bridgehead atoms. The Morgan fingerprint density at radius 2 is 2.26 bits per heavy atom. The summed E-state index contributed by atoms with van der Waals surface area (Å²) in [4.78, 5) is 21.3. The minimum Gasteiger partial charge on any atom is -0.393 e. The molecule has 0 saturated heterocycles. The van der Waals surface area contributed by atoms with E-state index in [0.29, 0.717) is 23.5 Å². The summed E-state index contributed by atoms with van der Waals surface area (Å²) in [5.41, 5.74) is 0.808. The van der Waals surface area contributed by atoms with Gasteiger partial charge in [-0.25, -0.2) is 9.97 Å². The zero-order chi connectivity index (χ0) is 18.8. The molecule has 0 aromatic carbocycles. The number of nitrogens with zero attached hydrogens (tertiary/aromatic N) is 4. The summed E-state index contributed by atoms with van der Waals surface area (Å²) >= 11 is 0. The van der Waals surface area contributed by atoms with Crippen molar-refractivity contribution in [2.45, 2.75) is 57.2 Å². The molecule has 0 unspecified atom stereocenters. The van der Waals surface area contributed by atoms with Crippen LogP contribution in [0.3, 0.4) is 0 Å². The van der Waals surface area contributed by atoms with E-state index in [1.54, 1.807) is 6.07 Å². The Labute approximate surface area is 158 Å². The van der Waals surface area contributed by atoms with Crippen LogP contribution in [-0.4, -0.2) is 42.8 Å². The topological polar surface area (TPSA) is 92.9 Å². The lowest BCUT2D eigenvalue weighted by molar-refractivity contribution is 0.103. The first-order chi connectivity index (χ1) is 13.1. The van der Waals surface area contributed by atoms with Gasteiger partial charge in [0.25, 0.3) is 0 Å². The third kappa shape index (κ3) is 3.78. The van der Waals surface area contributed by atoms with E-state index in [0.717, 1.165) is 25.7 Å². The van der Waals surface area contributed by atoms with Crippen molar-refractivity contribution in [3.05, 3.63) is 48.2 Å². The van der Waals surface area contributed by atoms with Crippen molar-refractivity contribution in [1.82, 2.24) is 19.7 Å². The number of ketones is 1. The van der Waals surface area contributed by atoms with E-state index >= 15 is 0 Å². The number of allylic oxidation sites excluding steroid dienone is 2. The predicted molar refractivity (Wildman–Crippen MR) is 102 cm³/mol. The van der Waals surface area contributed by atoms with Crippen LogP contribution < -0.4 is 5.32 Å². The minimum absolute atomic E-state index is 0.0985. The molecule has 2 aromatic heterocycles. The van der Waals surface area contributed by atoms with Gasteiger partial charge in [0.15, 0.2) is 0 Å². The van der Waals surface area contributed by atoms with E-state index in [-0.39, 0.29) is 29.9 Å². The van der Waals surface area contributed by atoms with E-state index in [2.05, 4.69) is 32.5 Å². The number of hydrogen-bond acceptors (Lipinski definition) is 6. The van der Waals surface area contributed by atoms with Crippen LogP contribution in [0, 0.1) is 5.92 Å². The van der Waals surface area contributed by atoms with Gasteiger partial charge in [0.05, 0.1) is 17.7 Å². The Balaban J connectivity index is 1.53. The number of anilines is 1. The molecule has 0 radical (unpaired) electrons. The smallest absolute Gasteiger partial charge is 0.218 e. The summed E-state index contributed by atoms with van der Waals surface area (Å²) in [7, 11) is 0. The molecule has 1 fully saturated rings. The van der Waals surface area contributed by atoms with Crippen molar-refractivity contribution in [2.75, 3.05) is 5.32 Å². The van der Waals surface area contributed by atoms with Crippen molar-refractivity contribution in [3.8, 4) is 0 Å². The van der Waals surface area contributed by atoms with Crippen LogP contribution in [0.4, 0.5) is 5.82 Å². The first-order valence-corrected chi connectivity index (χ1v) is 9.63. The second-order valence-electron chi connectivity index (χ2n) is 7.58. The van der Waals surface area contributed by atoms with Gasteiger partial charge in [-0.15, -0.1) is 0 Å². The third-order valence-electron chi connectivity index (χ3n) is 5.55. The maximum absolute atomic E-state index is 13.0. The van der Waals surface area contributed by atoms with Crippen molar-refractivity contribution < 1.29 is 9.90 Å². The molecule has 142 valence electrons. The average Bonchev–Trinajstić information content (AvgIpc) is 3.30. The molecule has 0 amide bonds. The van der Waals surface area contributed by atoms with Gasteiger partial charge >= 0.3 is 0 Å². The molecule has 27 heavy (non-hydrogen) atoms. The van der Waals surface area contributed by atoms with Crippen molar-refractivity contribution in [1.29, 1.82) is 0 Å². The molecule has 4 rings (SSSR count). The maximum Gasteiger partial charge on any atom is 0.218 e. The van der Waals surface area contributed by atoms with E-state index in [1.807, 2.05) is 17.8 Å². The number of aliphatic hydroxyl groups is 1. The summed E-state index contributed by atoms with van der Waals surface area (Å²) in [6.45, 7) is 2.03. The number of rotatable bonds is 5. The Morgan fingerprint density at radius 1 is 1.37 bits per heavy atom. The number of carbonyl (C=O) groups excluding carboxylic acids is 1. The molecule has 7 heteroatoms.